The van der Waals surface area contributed by atoms with Gasteiger partial charge in [-0.1, -0.05) is 49.2 Å². The molecule has 0 heterocycles. The fraction of sp³-hybridized carbons (Fsp3) is 0.211. The molecule has 112 valence electrons. The van der Waals surface area contributed by atoms with Gasteiger partial charge in [0.2, 0.25) is 0 Å². The van der Waals surface area contributed by atoms with E-state index in [9.17, 15) is 9.18 Å². The second-order valence-corrected chi connectivity index (χ2v) is 5.00. The van der Waals surface area contributed by atoms with Gasteiger partial charge in [0.05, 0.1) is 0 Å². The van der Waals surface area contributed by atoms with Crippen LogP contribution < -0.4 is 0 Å². The van der Waals surface area contributed by atoms with Crippen LogP contribution in [-0.4, -0.2) is 5.97 Å². The molecule has 0 N–H and O–H groups in total. The van der Waals surface area contributed by atoms with E-state index < -0.39 is 11.6 Å². The smallest absolute Gasteiger partial charge is 0.304 e. The molecule has 0 aromatic heterocycles. The molecule has 3 heteroatoms. The lowest BCUT2D eigenvalue weighted by molar-refractivity contribution is -0.152. The van der Waals surface area contributed by atoms with Crippen LogP contribution in [0.3, 0.4) is 0 Å². The zero-order valence-electron chi connectivity index (χ0n) is 12.6. The quantitative estimate of drug-likeness (QED) is 0.621. The van der Waals surface area contributed by atoms with Crippen molar-refractivity contribution in [3.05, 3.63) is 59.9 Å². The van der Waals surface area contributed by atoms with E-state index in [1.165, 1.54) is 19.1 Å². The summed E-state index contributed by atoms with van der Waals surface area (Å²) in [4.78, 5) is 11.3. The number of hydrogen-bond donors (Lipinski definition) is 0. The van der Waals surface area contributed by atoms with Crippen molar-refractivity contribution in [3.8, 4) is 23.5 Å². The Morgan fingerprint density at radius 2 is 1.64 bits per heavy atom. The van der Waals surface area contributed by atoms with Gasteiger partial charge >= 0.3 is 5.97 Å². The predicted octanol–water partition coefficient (Wildman–Crippen LogP) is 4.29. The second kappa shape index (κ2) is 6.44. The Hall–Kier alpha value is -2.60. The lowest BCUT2D eigenvalue weighted by Crippen LogP contribution is -2.29. The molecular weight excluding hydrogens is 279 g/mol. The van der Waals surface area contributed by atoms with E-state index in [-0.39, 0.29) is 5.82 Å². The first-order valence-corrected chi connectivity index (χ1v) is 7.04. The van der Waals surface area contributed by atoms with Gasteiger partial charge in [-0.15, -0.1) is 6.42 Å². The maximum Gasteiger partial charge on any atom is 0.304 e. The first kappa shape index (κ1) is 15.8. The average molecular weight is 296 g/mol. The molecule has 0 bridgehead atoms. The number of esters is 1. The molecule has 1 unspecified atom stereocenters. The highest BCUT2D eigenvalue weighted by Crippen LogP contribution is 2.31. The SMILES string of the molecule is C#CC(CC)(OC(C)=O)c1ccc(-c2ccc(F)cc2)cc1. The third-order valence-corrected chi connectivity index (χ3v) is 3.58. The van der Waals surface area contributed by atoms with Gasteiger partial charge in [-0.3, -0.25) is 4.79 Å². The van der Waals surface area contributed by atoms with E-state index in [1.807, 2.05) is 31.2 Å². The van der Waals surface area contributed by atoms with Crippen LogP contribution in [-0.2, 0) is 15.1 Å². The number of terminal acetylenes is 1. The number of carbonyl (C=O) groups excluding carboxylic acids is 1. The number of carbonyl (C=O) groups is 1. The molecule has 2 nitrogen and oxygen atoms in total. The maximum absolute atomic E-state index is 13.0. The highest BCUT2D eigenvalue weighted by molar-refractivity contribution is 5.68. The Bertz CT molecular complexity index is 696. The van der Waals surface area contributed by atoms with E-state index >= 15 is 0 Å². The van der Waals surface area contributed by atoms with Crippen molar-refractivity contribution in [1.82, 2.24) is 0 Å². The van der Waals surface area contributed by atoms with E-state index in [0.29, 0.717) is 6.42 Å². The molecule has 0 aliphatic heterocycles. The molecule has 0 saturated heterocycles. The van der Waals surface area contributed by atoms with Gasteiger partial charge in [0, 0.05) is 18.9 Å². The number of hydrogen-bond acceptors (Lipinski definition) is 2. The van der Waals surface area contributed by atoms with Crippen LogP contribution >= 0.6 is 0 Å². The largest absolute Gasteiger partial charge is 0.442 e. The van der Waals surface area contributed by atoms with Gasteiger partial charge in [0.15, 0.2) is 5.60 Å². The van der Waals surface area contributed by atoms with Crippen molar-refractivity contribution in [2.45, 2.75) is 25.9 Å². The first-order valence-electron chi connectivity index (χ1n) is 7.04. The van der Waals surface area contributed by atoms with Crippen LogP contribution in [0.1, 0.15) is 25.8 Å². The van der Waals surface area contributed by atoms with Crippen LogP contribution in [0.25, 0.3) is 11.1 Å². The fourth-order valence-electron chi connectivity index (χ4n) is 2.37. The number of ether oxygens (including phenoxy) is 1. The van der Waals surface area contributed by atoms with Gasteiger partial charge in [0.1, 0.15) is 5.82 Å². The molecule has 1 atom stereocenters. The molecule has 0 aliphatic rings. The third kappa shape index (κ3) is 3.17. The van der Waals surface area contributed by atoms with Gasteiger partial charge in [-0.2, -0.15) is 0 Å². The summed E-state index contributed by atoms with van der Waals surface area (Å²) < 4.78 is 18.3. The van der Waals surface area contributed by atoms with Crippen LogP contribution in [0.5, 0.6) is 0 Å². The molecule has 0 aliphatic carbocycles. The van der Waals surface area contributed by atoms with Crippen molar-refractivity contribution in [2.24, 2.45) is 0 Å². The summed E-state index contributed by atoms with van der Waals surface area (Å²) in [5.74, 6) is 1.90. The zero-order chi connectivity index (χ0) is 16.2. The summed E-state index contributed by atoms with van der Waals surface area (Å²) in [6.45, 7) is 3.21. The van der Waals surface area contributed by atoms with Gasteiger partial charge in [-0.05, 0) is 23.3 Å². The number of halogens is 1. The lowest BCUT2D eigenvalue weighted by atomic mass is 9.90. The maximum atomic E-state index is 13.0. The Labute approximate surface area is 129 Å². The minimum absolute atomic E-state index is 0.271. The molecule has 0 amide bonds. The molecule has 0 fully saturated rings. The Balaban J connectivity index is 2.36. The van der Waals surface area contributed by atoms with Crippen molar-refractivity contribution in [3.63, 3.8) is 0 Å². The van der Waals surface area contributed by atoms with Crippen molar-refractivity contribution in [1.29, 1.82) is 0 Å². The first-order chi connectivity index (χ1) is 10.5. The van der Waals surface area contributed by atoms with Crippen LogP contribution in [0.15, 0.2) is 48.5 Å². The molecule has 2 aromatic carbocycles. The van der Waals surface area contributed by atoms with Gasteiger partial charge in [0.25, 0.3) is 0 Å². The monoisotopic (exact) mass is 296 g/mol. The molecule has 2 aromatic rings. The van der Waals surface area contributed by atoms with Gasteiger partial charge < -0.3 is 4.74 Å². The summed E-state index contributed by atoms with van der Waals surface area (Å²) in [5, 5.41) is 0. The average Bonchev–Trinajstić information content (AvgIpc) is 2.53. The fourth-order valence-corrected chi connectivity index (χ4v) is 2.37. The van der Waals surface area contributed by atoms with Crippen LogP contribution in [0.4, 0.5) is 4.39 Å². The molecular formula is C19H17FO2. The molecule has 2 rings (SSSR count). The standard InChI is InChI=1S/C19H17FO2/c1-4-19(5-2,22-14(3)21)17-10-6-15(7-11-17)16-8-12-18(20)13-9-16/h1,6-13H,5H2,2-3H3. The minimum Gasteiger partial charge on any atom is -0.442 e. The van der Waals surface area contributed by atoms with E-state index in [0.717, 1.165) is 16.7 Å². The summed E-state index contributed by atoms with van der Waals surface area (Å²) in [5.41, 5.74) is 1.54. The zero-order valence-corrected chi connectivity index (χ0v) is 12.6. The third-order valence-electron chi connectivity index (χ3n) is 3.58. The van der Waals surface area contributed by atoms with Crippen molar-refractivity contribution < 1.29 is 13.9 Å². The normalized spacial score (nSPS) is 13.0. The van der Waals surface area contributed by atoms with E-state index in [4.69, 9.17) is 11.2 Å². The summed E-state index contributed by atoms with van der Waals surface area (Å²) in [6, 6.07) is 13.7. The van der Waals surface area contributed by atoms with E-state index in [1.54, 1.807) is 12.1 Å². The Morgan fingerprint density at radius 1 is 1.14 bits per heavy atom. The lowest BCUT2D eigenvalue weighted by Gasteiger charge is -2.27. The second-order valence-electron chi connectivity index (χ2n) is 5.00. The Kier molecular flexibility index (Phi) is 4.62. The topological polar surface area (TPSA) is 26.3 Å². The summed E-state index contributed by atoms with van der Waals surface area (Å²) in [7, 11) is 0. The van der Waals surface area contributed by atoms with Crippen LogP contribution in [0, 0.1) is 18.2 Å². The summed E-state index contributed by atoms with van der Waals surface area (Å²) >= 11 is 0. The number of benzene rings is 2. The highest BCUT2D eigenvalue weighted by Gasteiger charge is 2.31. The predicted molar refractivity (Wildman–Crippen MR) is 84.4 cm³/mol. The van der Waals surface area contributed by atoms with Crippen molar-refractivity contribution in [2.75, 3.05) is 0 Å². The highest BCUT2D eigenvalue weighted by atomic mass is 19.1. The minimum atomic E-state index is -1.05. The van der Waals surface area contributed by atoms with Crippen LogP contribution in [0.2, 0.25) is 0 Å². The molecule has 0 saturated carbocycles. The molecule has 0 spiro atoms. The Morgan fingerprint density at radius 3 is 2.05 bits per heavy atom. The molecule has 22 heavy (non-hydrogen) atoms. The number of rotatable bonds is 4. The summed E-state index contributed by atoms with van der Waals surface area (Å²) in [6.07, 6.45) is 6.08. The van der Waals surface area contributed by atoms with E-state index in [2.05, 4.69) is 5.92 Å². The van der Waals surface area contributed by atoms with Gasteiger partial charge in [-0.25, -0.2) is 4.39 Å². The molecule has 0 radical (unpaired) electrons. The van der Waals surface area contributed by atoms with Crippen molar-refractivity contribution >= 4 is 5.97 Å².